The molecule has 0 aromatic rings. The van der Waals surface area contributed by atoms with Crippen LogP contribution in [0, 0.1) is 23.2 Å². The molecule has 4 aliphatic carbocycles. The SMILES string of the molecule is CCOC(=O)CCC(=O)NCCNC(=O)C12CC3CC(CC(C3)C1)C2. The third kappa shape index (κ3) is 4.33. The Morgan fingerprint density at radius 3 is 2.04 bits per heavy atom. The fourth-order valence-corrected chi connectivity index (χ4v) is 5.49. The van der Waals surface area contributed by atoms with Crippen molar-refractivity contribution in [3.8, 4) is 0 Å². The third-order valence-electron chi connectivity index (χ3n) is 6.11. The molecule has 0 aromatic carbocycles. The molecule has 4 rings (SSSR count). The topological polar surface area (TPSA) is 84.5 Å². The lowest BCUT2D eigenvalue weighted by molar-refractivity contribution is -0.146. The molecule has 0 saturated heterocycles. The fourth-order valence-electron chi connectivity index (χ4n) is 5.49. The molecule has 0 aliphatic heterocycles. The minimum Gasteiger partial charge on any atom is -0.466 e. The van der Waals surface area contributed by atoms with E-state index in [1.54, 1.807) is 6.92 Å². The summed E-state index contributed by atoms with van der Waals surface area (Å²) in [6, 6.07) is 0. The van der Waals surface area contributed by atoms with Gasteiger partial charge in [0.15, 0.2) is 0 Å². The lowest BCUT2D eigenvalue weighted by atomic mass is 9.49. The molecule has 2 amide bonds. The maximum absolute atomic E-state index is 12.7. The van der Waals surface area contributed by atoms with Gasteiger partial charge in [-0.1, -0.05) is 0 Å². The van der Waals surface area contributed by atoms with Crippen molar-refractivity contribution in [2.24, 2.45) is 23.2 Å². The van der Waals surface area contributed by atoms with Gasteiger partial charge >= 0.3 is 5.97 Å². The number of carbonyl (C=O) groups excluding carboxylic acids is 3. The Hall–Kier alpha value is -1.59. The van der Waals surface area contributed by atoms with Gasteiger partial charge in [0.25, 0.3) is 0 Å². The summed E-state index contributed by atoms with van der Waals surface area (Å²) in [4.78, 5) is 35.6. The van der Waals surface area contributed by atoms with Crippen LogP contribution in [0.25, 0.3) is 0 Å². The van der Waals surface area contributed by atoms with Crippen molar-refractivity contribution in [1.82, 2.24) is 10.6 Å². The van der Waals surface area contributed by atoms with Crippen molar-refractivity contribution >= 4 is 17.8 Å². The van der Waals surface area contributed by atoms with E-state index in [1.165, 1.54) is 19.3 Å². The molecule has 0 atom stereocenters. The summed E-state index contributed by atoms with van der Waals surface area (Å²) in [7, 11) is 0. The monoisotopic (exact) mass is 350 g/mol. The lowest BCUT2D eigenvalue weighted by Crippen LogP contribution is -2.54. The zero-order valence-electron chi connectivity index (χ0n) is 15.1. The van der Waals surface area contributed by atoms with Gasteiger partial charge in [-0.15, -0.1) is 0 Å². The largest absolute Gasteiger partial charge is 0.466 e. The standard InChI is InChI=1S/C19H30N2O4/c1-2-25-17(23)4-3-16(22)20-5-6-21-18(24)19-10-13-7-14(11-19)9-15(8-13)12-19/h13-15H,2-12H2,1H3,(H,20,22)(H,21,24). The first-order valence-corrected chi connectivity index (χ1v) is 9.71. The molecule has 4 aliphatic rings. The van der Waals surface area contributed by atoms with Crippen molar-refractivity contribution in [3.05, 3.63) is 0 Å². The number of nitrogens with one attached hydrogen (secondary N) is 2. The van der Waals surface area contributed by atoms with Gasteiger partial charge in [0.2, 0.25) is 11.8 Å². The molecule has 4 bridgehead atoms. The smallest absolute Gasteiger partial charge is 0.306 e. The molecular weight excluding hydrogens is 320 g/mol. The molecule has 0 unspecified atom stereocenters. The lowest BCUT2D eigenvalue weighted by Gasteiger charge is -2.55. The number of rotatable bonds is 8. The first-order chi connectivity index (χ1) is 12.0. The molecule has 0 radical (unpaired) electrons. The summed E-state index contributed by atoms with van der Waals surface area (Å²) >= 11 is 0. The Balaban J connectivity index is 1.35. The maximum Gasteiger partial charge on any atom is 0.306 e. The Morgan fingerprint density at radius 1 is 0.920 bits per heavy atom. The van der Waals surface area contributed by atoms with Crippen LogP contribution in [0.5, 0.6) is 0 Å². The van der Waals surface area contributed by atoms with Gasteiger partial charge in [0, 0.05) is 24.9 Å². The predicted octanol–water partition coefficient (Wildman–Crippen LogP) is 1.78. The molecule has 4 fully saturated rings. The second-order valence-corrected chi connectivity index (χ2v) is 8.11. The minimum atomic E-state index is -0.354. The molecule has 0 heterocycles. The average Bonchev–Trinajstić information content (AvgIpc) is 2.55. The predicted molar refractivity (Wildman–Crippen MR) is 92.5 cm³/mol. The Morgan fingerprint density at radius 2 is 1.48 bits per heavy atom. The number of carbonyl (C=O) groups is 3. The number of hydrogen-bond donors (Lipinski definition) is 2. The highest BCUT2D eigenvalue weighted by Crippen LogP contribution is 2.60. The maximum atomic E-state index is 12.7. The highest BCUT2D eigenvalue weighted by molar-refractivity contribution is 5.83. The number of ether oxygens (including phenoxy) is 1. The van der Waals surface area contributed by atoms with Crippen molar-refractivity contribution in [2.75, 3.05) is 19.7 Å². The van der Waals surface area contributed by atoms with Crippen LogP contribution in [0.4, 0.5) is 0 Å². The van der Waals surface area contributed by atoms with Crippen LogP contribution in [-0.4, -0.2) is 37.5 Å². The summed E-state index contributed by atoms with van der Waals surface area (Å²) < 4.78 is 4.79. The Bertz CT molecular complexity index is 496. The fraction of sp³-hybridized carbons (Fsp3) is 0.842. The first kappa shape index (κ1) is 18.2. The normalized spacial score (nSPS) is 32.3. The number of esters is 1. The van der Waals surface area contributed by atoms with E-state index in [4.69, 9.17) is 4.74 Å². The van der Waals surface area contributed by atoms with E-state index < -0.39 is 0 Å². The van der Waals surface area contributed by atoms with E-state index in [1.807, 2.05) is 0 Å². The molecule has 140 valence electrons. The second kappa shape index (κ2) is 7.75. The van der Waals surface area contributed by atoms with Crippen LogP contribution in [0.2, 0.25) is 0 Å². The highest BCUT2D eigenvalue weighted by Gasteiger charge is 2.54. The summed E-state index contributed by atoms with van der Waals surface area (Å²) in [6.07, 6.45) is 7.35. The summed E-state index contributed by atoms with van der Waals surface area (Å²) in [5.41, 5.74) is -0.136. The van der Waals surface area contributed by atoms with E-state index in [9.17, 15) is 14.4 Å². The van der Waals surface area contributed by atoms with Crippen LogP contribution >= 0.6 is 0 Å². The van der Waals surface area contributed by atoms with Crippen molar-refractivity contribution in [3.63, 3.8) is 0 Å². The second-order valence-electron chi connectivity index (χ2n) is 8.11. The first-order valence-electron chi connectivity index (χ1n) is 9.71. The van der Waals surface area contributed by atoms with E-state index in [0.717, 1.165) is 37.0 Å². The van der Waals surface area contributed by atoms with Crippen LogP contribution in [-0.2, 0) is 19.1 Å². The van der Waals surface area contributed by atoms with Gasteiger partial charge in [-0.25, -0.2) is 0 Å². The van der Waals surface area contributed by atoms with E-state index in [2.05, 4.69) is 10.6 Å². The molecular formula is C19H30N2O4. The highest BCUT2D eigenvalue weighted by atomic mass is 16.5. The van der Waals surface area contributed by atoms with Gasteiger partial charge in [-0.05, 0) is 63.2 Å². The van der Waals surface area contributed by atoms with Crippen molar-refractivity contribution in [1.29, 1.82) is 0 Å². The third-order valence-corrected chi connectivity index (χ3v) is 6.11. The van der Waals surface area contributed by atoms with Gasteiger partial charge < -0.3 is 15.4 Å². The molecule has 2 N–H and O–H groups in total. The van der Waals surface area contributed by atoms with Crippen molar-refractivity contribution < 1.29 is 19.1 Å². The number of hydrogen-bond acceptors (Lipinski definition) is 4. The van der Waals surface area contributed by atoms with Gasteiger partial charge in [-0.3, -0.25) is 14.4 Å². The van der Waals surface area contributed by atoms with Gasteiger partial charge in [-0.2, -0.15) is 0 Å². The molecule has 6 nitrogen and oxygen atoms in total. The molecule has 0 spiro atoms. The van der Waals surface area contributed by atoms with Crippen LogP contribution in [0.1, 0.15) is 58.3 Å². The van der Waals surface area contributed by atoms with Crippen molar-refractivity contribution in [2.45, 2.75) is 58.3 Å². The summed E-state index contributed by atoms with van der Waals surface area (Å²) in [5.74, 6) is 1.90. The summed E-state index contributed by atoms with van der Waals surface area (Å²) in [5, 5.41) is 5.78. The molecule has 4 saturated carbocycles. The quantitative estimate of drug-likeness (QED) is 0.516. The van der Waals surface area contributed by atoms with E-state index >= 15 is 0 Å². The zero-order valence-corrected chi connectivity index (χ0v) is 15.1. The zero-order chi connectivity index (χ0) is 17.9. The van der Waals surface area contributed by atoms with Gasteiger partial charge in [0.1, 0.15) is 0 Å². The Kier molecular flexibility index (Phi) is 5.64. The van der Waals surface area contributed by atoms with Crippen LogP contribution in [0.15, 0.2) is 0 Å². The average molecular weight is 350 g/mol. The molecule has 0 aromatic heterocycles. The number of amides is 2. The van der Waals surface area contributed by atoms with Crippen LogP contribution < -0.4 is 10.6 Å². The van der Waals surface area contributed by atoms with E-state index in [0.29, 0.717) is 19.7 Å². The summed E-state index contributed by atoms with van der Waals surface area (Å²) in [6.45, 7) is 2.92. The molecule has 25 heavy (non-hydrogen) atoms. The minimum absolute atomic E-state index is 0.0965. The Labute approximate surface area is 149 Å². The molecule has 6 heteroatoms. The van der Waals surface area contributed by atoms with E-state index in [-0.39, 0.29) is 36.0 Å². The van der Waals surface area contributed by atoms with Gasteiger partial charge in [0.05, 0.1) is 13.0 Å². The van der Waals surface area contributed by atoms with Crippen LogP contribution in [0.3, 0.4) is 0 Å².